The molecule has 0 saturated carbocycles. The van der Waals surface area contributed by atoms with Gasteiger partial charge < -0.3 is 5.11 Å². The number of rotatable bonds is 2. The number of phenolic OH excluding ortho intramolecular Hbond substituents is 1. The fraction of sp³-hybridized carbons (Fsp3) is 0.130. The molecule has 24 heavy (non-hydrogen) atoms. The van der Waals surface area contributed by atoms with Gasteiger partial charge in [0.1, 0.15) is 5.75 Å². The highest BCUT2D eigenvalue weighted by molar-refractivity contribution is 5.98. The van der Waals surface area contributed by atoms with E-state index in [1.807, 2.05) is 18.2 Å². The van der Waals surface area contributed by atoms with Crippen LogP contribution in [0, 0.1) is 0 Å². The maximum atomic E-state index is 11.0. The van der Waals surface area contributed by atoms with Crippen molar-refractivity contribution in [2.24, 2.45) is 0 Å². The van der Waals surface area contributed by atoms with E-state index in [4.69, 9.17) is 0 Å². The highest BCUT2D eigenvalue weighted by Crippen LogP contribution is 2.42. The average molecular weight is 312 g/mol. The van der Waals surface area contributed by atoms with E-state index in [0.29, 0.717) is 11.7 Å². The number of hydrogen-bond acceptors (Lipinski definition) is 1. The highest BCUT2D eigenvalue weighted by atomic mass is 16.3. The average Bonchev–Trinajstić information content (AvgIpc) is 2.61. The number of benzene rings is 4. The Morgan fingerprint density at radius 2 is 1.38 bits per heavy atom. The van der Waals surface area contributed by atoms with Gasteiger partial charge in [0.15, 0.2) is 0 Å². The quantitative estimate of drug-likeness (QED) is 0.448. The van der Waals surface area contributed by atoms with Gasteiger partial charge in [0.2, 0.25) is 0 Å². The largest absolute Gasteiger partial charge is 0.507 e. The Morgan fingerprint density at radius 3 is 2.12 bits per heavy atom. The Balaban J connectivity index is 2.06. The van der Waals surface area contributed by atoms with Crippen LogP contribution in [0.1, 0.15) is 25.3 Å². The molecule has 0 aliphatic carbocycles. The first kappa shape index (κ1) is 14.8. The van der Waals surface area contributed by atoms with E-state index in [1.54, 1.807) is 0 Å². The lowest BCUT2D eigenvalue weighted by atomic mass is 9.88. The molecule has 4 rings (SSSR count). The van der Waals surface area contributed by atoms with Crippen LogP contribution in [0.25, 0.3) is 32.7 Å². The van der Waals surface area contributed by atoms with Gasteiger partial charge in [-0.05, 0) is 39.3 Å². The van der Waals surface area contributed by atoms with Crippen molar-refractivity contribution >= 4 is 21.5 Å². The summed E-state index contributed by atoms with van der Waals surface area (Å²) in [6.07, 6.45) is 0. The molecular formula is C23H20O. The molecule has 0 aliphatic rings. The molecule has 1 heteroatoms. The van der Waals surface area contributed by atoms with Crippen molar-refractivity contribution in [1.82, 2.24) is 0 Å². The lowest BCUT2D eigenvalue weighted by Crippen LogP contribution is -1.94. The Hall–Kier alpha value is -2.80. The fourth-order valence-electron chi connectivity index (χ4n) is 3.45. The summed E-state index contributed by atoms with van der Waals surface area (Å²) in [6.45, 7) is 4.35. The third kappa shape index (κ3) is 2.33. The highest BCUT2D eigenvalue weighted by Gasteiger charge is 2.16. The van der Waals surface area contributed by atoms with E-state index in [9.17, 15) is 5.11 Å². The van der Waals surface area contributed by atoms with Gasteiger partial charge in [-0.25, -0.2) is 0 Å². The van der Waals surface area contributed by atoms with Crippen LogP contribution in [-0.4, -0.2) is 5.11 Å². The first-order valence-corrected chi connectivity index (χ1v) is 8.39. The van der Waals surface area contributed by atoms with Gasteiger partial charge >= 0.3 is 0 Å². The molecule has 0 bridgehead atoms. The van der Waals surface area contributed by atoms with Gasteiger partial charge in [-0.1, -0.05) is 80.6 Å². The minimum atomic E-state index is 0.335. The van der Waals surface area contributed by atoms with E-state index >= 15 is 0 Å². The summed E-state index contributed by atoms with van der Waals surface area (Å²) in [5.41, 5.74) is 3.21. The molecule has 0 aromatic heterocycles. The molecule has 0 fully saturated rings. The van der Waals surface area contributed by atoms with E-state index < -0.39 is 0 Å². The van der Waals surface area contributed by atoms with Crippen molar-refractivity contribution in [2.75, 3.05) is 0 Å². The molecule has 0 unspecified atom stereocenters. The maximum absolute atomic E-state index is 11.0. The molecule has 0 heterocycles. The SMILES string of the molecule is CC(C)c1cc2ccccc2c(O)c1-c1ccc2ccccc2c1. The third-order valence-electron chi connectivity index (χ3n) is 4.71. The minimum absolute atomic E-state index is 0.335. The van der Waals surface area contributed by atoms with Crippen molar-refractivity contribution in [3.05, 3.63) is 78.4 Å². The molecule has 1 N–H and O–H groups in total. The monoisotopic (exact) mass is 312 g/mol. The summed E-state index contributed by atoms with van der Waals surface area (Å²) in [5.74, 6) is 0.717. The Labute approximate surface area is 142 Å². The van der Waals surface area contributed by atoms with Crippen molar-refractivity contribution in [2.45, 2.75) is 19.8 Å². The molecule has 0 radical (unpaired) electrons. The molecular weight excluding hydrogens is 292 g/mol. The van der Waals surface area contributed by atoms with Crippen LogP contribution in [0.15, 0.2) is 72.8 Å². The molecule has 4 aromatic carbocycles. The van der Waals surface area contributed by atoms with Gasteiger partial charge in [0, 0.05) is 10.9 Å². The normalized spacial score (nSPS) is 11.5. The van der Waals surface area contributed by atoms with Gasteiger partial charge in [0.25, 0.3) is 0 Å². The summed E-state index contributed by atoms with van der Waals surface area (Å²) in [4.78, 5) is 0. The van der Waals surface area contributed by atoms with Crippen molar-refractivity contribution in [1.29, 1.82) is 0 Å². The molecule has 0 atom stereocenters. The first-order chi connectivity index (χ1) is 11.6. The summed E-state index contributed by atoms with van der Waals surface area (Å²) in [6, 6.07) is 25.0. The lowest BCUT2D eigenvalue weighted by Gasteiger charge is -2.17. The van der Waals surface area contributed by atoms with Gasteiger partial charge in [-0.2, -0.15) is 0 Å². The Morgan fingerprint density at radius 1 is 0.708 bits per heavy atom. The number of fused-ring (bicyclic) bond motifs is 2. The predicted molar refractivity (Wildman–Crippen MR) is 103 cm³/mol. The van der Waals surface area contributed by atoms with Crippen LogP contribution < -0.4 is 0 Å². The van der Waals surface area contributed by atoms with Crippen molar-refractivity contribution in [3.8, 4) is 16.9 Å². The van der Waals surface area contributed by atoms with Crippen LogP contribution in [0.4, 0.5) is 0 Å². The fourth-order valence-corrected chi connectivity index (χ4v) is 3.45. The maximum Gasteiger partial charge on any atom is 0.131 e. The lowest BCUT2D eigenvalue weighted by molar-refractivity contribution is 0.482. The zero-order chi connectivity index (χ0) is 16.7. The number of aromatic hydroxyl groups is 1. The summed E-state index contributed by atoms with van der Waals surface area (Å²) in [5, 5.41) is 15.4. The molecule has 4 aromatic rings. The van der Waals surface area contributed by atoms with Crippen molar-refractivity contribution in [3.63, 3.8) is 0 Å². The van der Waals surface area contributed by atoms with Crippen LogP contribution >= 0.6 is 0 Å². The number of hydrogen-bond donors (Lipinski definition) is 1. The smallest absolute Gasteiger partial charge is 0.131 e. The Kier molecular flexibility index (Phi) is 3.50. The minimum Gasteiger partial charge on any atom is -0.507 e. The van der Waals surface area contributed by atoms with E-state index in [2.05, 4.69) is 68.4 Å². The summed E-state index contributed by atoms with van der Waals surface area (Å²) in [7, 11) is 0. The predicted octanol–water partition coefficient (Wildman–Crippen LogP) is 6.49. The molecule has 0 aliphatic heterocycles. The standard InChI is InChI=1S/C23H20O/c1-15(2)21-14-18-9-5-6-10-20(18)23(24)22(21)19-12-11-16-7-3-4-8-17(16)13-19/h3-15,24H,1-2H3. The molecule has 0 spiro atoms. The zero-order valence-corrected chi connectivity index (χ0v) is 14.0. The number of phenols is 1. The topological polar surface area (TPSA) is 20.2 Å². The zero-order valence-electron chi connectivity index (χ0n) is 14.0. The molecule has 1 nitrogen and oxygen atoms in total. The van der Waals surface area contributed by atoms with Crippen molar-refractivity contribution < 1.29 is 5.11 Å². The second-order valence-corrected chi connectivity index (χ2v) is 6.63. The molecule has 0 saturated heterocycles. The molecule has 0 amide bonds. The van der Waals surface area contributed by atoms with Gasteiger partial charge in [-0.3, -0.25) is 0 Å². The van der Waals surface area contributed by atoms with E-state index in [0.717, 1.165) is 21.9 Å². The van der Waals surface area contributed by atoms with Crippen LogP contribution in [0.3, 0.4) is 0 Å². The Bertz CT molecular complexity index is 1040. The second-order valence-electron chi connectivity index (χ2n) is 6.63. The van der Waals surface area contributed by atoms with E-state index in [-0.39, 0.29) is 0 Å². The van der Waals surface area contributed by atoms with Gasteiger partial charge in [-0.15, -0.1) is 0 Å². The van der Waals surface area contributed by atoms with Gasteiger partial charge in [0.05, 0.1) is 0 Å². The third-order valence-corrected chi connectivity index (χ3v) is 4.71. The summed E-state index contributed by atoms with van der Waals surface area (Å²) >= 11 is 0. The van der Waals surface area contributed by atoms with Crippen LogP contribution in [0.2, 0.25) is 0 Å². The van der Waals surface area contributed by atoms with E-state index in [1.165, 1.54) is 16.3 Å². The van der Waals surface area contributed by atoms with Crippen LogP contribution in [0.5, 0.6) is 5.75 Å². The molecule has 118 valence electrons. The summed E-state index contributed by atoms with van der Waals surface area (Å²) < 4.78 is 0. The first-order valence-electron chi connectivity index (χ1n) is 8.39. The van der Waals surface area contributed by atoms with Crippen LogP contribution in [-0.2, 0) is 0 Å². The second kappa shape index (κ2) is 5.68.